The highest BCUT2D eigenvalue weighted by Gasteiger charge is 2.54. The molecule has 0 saturated carbocycles. The molecule has 0 fully saturated rings. The van der Waals surface area contributed by atoms with E-state index < -0.39 is 17.6 Å². The van der Waals surface area contributed by atoms with Crippen molar-refractivity contribution in [3.8, 4) is 5.75 Å². The van der Waals surface area contributed by atoms with E-state index >= 15 is 0 Å². The summed E-state index contributed by atoms with van der Waals surface area (Å²) in [6.45, 7) is 19.7. The van der Waals surface area contributed by atoms with Crippen LogP contribution in [0.15, 0.2) is 5.57 Å². The normalized spacial score (nSPS) is 12.3. The number of ether oxygens (including phenoxy) is 1. The lowest BCUT2D eigenvalue weighted by Gasteiger charge is -2.28. The number of fused-ring (bicyclic) bond motifs is 1. The quantitative estimate of drug-likeness (QED) is 0.361. The topological polar surface area (TPSA) is 26.3 Å². The maximum Gasteiger partial charge on any atom is 0.404 e. The molecule has 0 N–H and O–H groups in total. The molecule has 0 aliphatic rings. The fourth-order valence-electron chi connectivity index (χ4n) is 4.15. The van der Waals surface area contributed by atoms with Crippen molar-refractivity contribution >= 4 is 22.3 Å². The highest BCUT2D eigenvalue weighted by molar-refractivity contribution is 6.01. The van der Waals surface area contributed by atoms with Crippen molar-refractivity contribution in [1.82, 2.24) is 0 Å². The molecule has 2 aromatic rings. The van der Waals surface area contributed by atoms with Gasteiger partial charge < -0.3 is 4.74 Å². The van der Waals surface area contributed by atoms with Gasteiger partial charge >= 0.3 is 12.1 Å². The molecule has 0 spiro atoms. The van der Waals surface area contributed by atoms with Crippen LogP contribution in [0.4, 0.5) is 13.2 Å². The van der Waals surface area contributed by atoms with Crippen LogP contribution >= 0.6 is 0 Å². The summed E-state index contributed by atoms with van der Waals surface area (Å²) in [6.07, 6.45) is -4.70. The molecule has 0 bridgehead atoms. The van der Waals surface area contributed by atoms with Crippen LogP contribution in [0.3, 0.4) is 0 Å². The summed E-state index contributed by atoms with van der Waals surface area (Å²) in [5.41, 5.74) is 6.65. The van der Waals surface area contributed by atoms with Gasteiger partial charge in [-0.05, 0) is 126 Å². The number of esters is 1. The molecular weight excluding hydrogens is 401 g/mol. The van der Waals surface area contributed by atoms with Crippen LogP contribution in [0.1, 0.15) is 73.6 Å². The molecule has 170 valence electrons. The van der Waals surface area contributed by atoms with E-state index in [1.807, 2.05) is 20.8 Å². The first-order valence-corrected chi connectivity index (χ1v) is 10.4. The Bertz CT molecular complexity index is 1110. The second-order valence-corrected chi connectivity index (χ2v) is 9.34. The number of rotatable bonds is 3. The molecule has 0 aliphatic carbocycles. The van der Waals surface area contributed by atoms with Gasteiger partial charge in [0.05, 0.1) is 0 Å². The number of aryl methyl sites for hydroxylation is 4. The average molecular weight is 435 g/mol. The number of allylic oxidation sites excluding steroid dienone is 2. The minimum atomic E-state index is -4.70. The van der Waals surface area contributed by atoms with E-state index in [2.05, 4.69) is 34.6 Å². The van der Waals surface area contributed by atoms with Gasteiger partial charge in [0, 0.05) is 5.56 Å². The minimum absolute atomic E-state index is 0.223. The summed E-state index contributed by atoms with van der Waals surface area (Å²) in [4.78, 5) is 12.5. The molecule has 0 aromatic heterocycles. The third-order valence-electron chi connectivity index (χ3n) is 6.84. The van der Waals surface area contributed by atoms with Gasteiger partial charge in [-0.3, -0.25) is 4.79 Å². The zero-order valence-electron chi connectivity index (χ0n) is 20.5. The van der Waals surface area contributed by atoms with Gasteiger partial charge in [0.1, 0.15) is 5.75 Å². The number of hydrogen-bond donors (Lipinski definition) is 0. The Morgan fingerprint density at radius 2 is 1.16 bits per heavy atom. The van der Waals surface area contributed by atoms with Crippen LogP contribution in [0.25, 0.3) is 16.3 Å². The van der Waals surface area contributed by atoms with Crippen LogP contribution in [0.2, 0.25) is 0 Å². The molecule has 5 heteroatoms. The van der Waals surface area contributed by atoms with Gasteiger partial charge in [-0.15, -0.1) is 0 Å². The first kappa shape index (κ1) is 25.0. The molecule has 0 radical (unpaired) electrons. The van der Waals surface area contributed by atoms with Gasteiger partial charge in [-0.2, -0.15) is 13.2 Å². The average Bonchev–Trinajstić information content (AvgIpc) is 2.64. The highest BCUT2D eigenvalue weighted by Crippen LogP contribution is 2.44. The second-order valence-electron chi connectivity index (χ2n) is 9.34. The van der Waals surface area contributed by atoms with Crippen molar-refractivity contribution in [1.29, 1.82) is 0 Å². The highest BCUT2D eigenvalue weighted by atomic mass is 19.4. The predicted octanol–water partition coefficient (Wildman–Crippen LogP) is 8.00. The molecule has 0 saturated heterocycles. The molecule has 0 amide bonds. The number of alkyl halides is 3. The first-order valence-electron chi connectivity index (χ1n) is 10.4. The van der Waals surface area contributed by atoms with Gasteiger partial charge in [0.15, 0.2) is 5.41 Å². The second kappa shape index (κ2) is 7.99. The van der Waals surface area contributed by atoms with Crippen LogP contribution in [0.5, 0.6) is 5.75 Å². The van der Waals surface area contributed by atoms with Crippen molar-refractivity contribution < 1.29 is 22.7 Å². The van der Waals surface area contributed by atoms with Crippen LogP contribution in [-0.4, -0.2) is 12.1 Å². The smallest absolute Gasteiger partial charge is 0.404 e. The van der Waals surface area contributed by atoms with Crippen LogP contribution < -0.4 is 4.74 Å². The lowest BCUT2D eigenvalue weighted by Crippen LogP contribution is -2.42. The van der Waals surface area contributed by atoms with E-state index in [1.165, 1.54) is 16.7 Å². The van der Waals surface area contributed by atoms with E-state index in [0.717, 1.165) is 46.9 Å². The zero-order valence-corrected chi connectivity index (χ0v) is 20.5. The maximum absolute atomic E-state index is 13.4. The Labute approximate surface area is 183 Å². The summed E-state index contributed by atoms with van der Waals surface area (Å²) in [7, 11) is 0. The third-order valence-corrected chi connectivity index (χ3v) is 6.84. The number of halogens is 3. The monoisotopic (exact) mass is 434 g/mol. The maximum atomic E-state index is 13.4. The molecule has 0 unspecified atom stereocenters. The SMILES string of the molecule is CC(C)=C(C)c1c(C)c(C)c2c(C)c(OC(=O)C(C)(C)C(F)(F)F)c(C)c(C)c2c1C. The van der Waals surface area contributed by atoms with Crippen molar-refractivity contribution in [2.24, 2.45) is 5.41 Å². The summed E-state index contributed by atoms with van der Waals surface area (Å²) in [5, 5.41) is 2.01. The lowest BCUT2D eigenvalue weighted by atomic mass is 9.82. The van der Waals surface area contributed by atoms with Gasteiger partial charge in [0.25, 0.3) is 0 Å². The van der Waals surface area contributed by atoms with E-state index in [4.69, 9.17) is 4.74 Å². The zero-order chi connectivity index (χ0) is 24.2. The standard InChI is InChI=1S/C26H33F3O2/c1-12(2)13(3)20-14(4)15(5)22-19(9)23(17(7)16(6)21(22)18(20)8)31-24(30)25(10,11)26(27,28)29/h1-11H3. The first-order chi connectivity index (χ1) is 14.0. The van der Waals surface area contributed by atoms with Crippen molar-refractivity contribution in [3.05, 3.63) is 44.5 Å². The minimum Gasteiger partial charge on any atom is -0.425 e. The van der Waals surface area contributed by atoms with E-state index in [1.54, 1.807) is 6.92 Å². The Kier molecular flexibility index (Phi) is 6.44. The lowest BCUT2D eigenvalue weighted by molar-refractivity contribution is -0.219. The van der Waals surface area contributed by atoms with Gasteiger partial charge in [-0.25, -0.2) is 0 Å². The van der Waals surface area contributed by atoms with E-state index in [9.17, 15) is 18.0 Å². The Morgan fingerprint density at radius 1 is 0.710 bits per heavy atom. The predicted molar refractivity (Wildman–Crippen MR) is 122 cm³/mol. The van der Waals surface area contributed by atoms with Gasteiger partial charge in [-0.1, -0.05) is 5.57 Å². The Hall–Kier alpha value is -2.30. The number of carbonyl (C=O) groups is 1. The van der Waals surface area contributed by atoms with Gasteiger partial charge in [0.2, 0.25) is 0 Å². The molecular formula is C26H33F3O2. The van der Waals surface area contributed by atoms with Crippen LogP contribution in [-0.2, 0) is 4.79 Å². The Balaban J connectivity index is 2.90. The molecule has 0 heterocycles. The summed E-state index contributed by atoms with van der Waals surface area (Å²) in [5.74, 6) is -1.08. The molecule has 31 heavy (non-hydrogen) atoms. The molecule has 2 rings (SSSR count). The molecule has 0 atom stereocenters. The van der Waals surface area contributed by atoms with Crippen molar-refractivity contribution in [2.75, 3.05) is 0 Å². The number of carbonyl (C=O) groups excluding carboxylic acids is 1. The number of benzene rings is 2. The fourth-order valence-corrected chi connectivity index (χ4v) is 4.15. The van der Waals surface area contributed by atoms with E-state index in [0.29, 0.717) is 11.1 Å². The molecule has 0 aliphatic heterocycles. The van der Waals surface area contributed by atoms with Crippen LogP contribution in [0, 0.1) is 47.0 Å². The summed E-state index contributed by atoms with van der Waals surface area (Å²) >= 11 is 0. The molecule has 2 aromatic carbocycles. The third kappa shape index (κ3) is 3.88. The van der Waals surface area contributed by atoms with Crippen molar-refractivity contribution in [2.45, 2.75) is 82.3 Å². The summed E-state index contributed by atoms with van der Waals surface area (Å²) < 4.78 is 45.5. The summed E-state index contributed by atoms with van der Waals surface area (Å²) in [6, 6.07) is 0. The number of hydrogen-bond acceptors (Lipinski definition) is 2. The van der Waals surface area contributed by atoms with E-state index in [-0.39, 0.29) is 5.75 Å². The Morgan fingerprint density at radius 3 is 1.61 bits per heavy atom. The largest absolute Gasteiger partial charge is 0.425 e. The fraction of sp³-hybridized carbons (Fsp3) is 0.500. The molecule has 2 nitrogen and oxygen atoms in total. The van der Waals surface area contributed by atoms with Crippen molar-refractivity contribution in [3.63, 3.8) is 0 Å².